The number of rotatable bonds is 5. The summed E-state index contributed by atoms with van der Waals surface area (Å²) in [6.45, 7) is 0. The Kier molecular flexibility index (Phi) is 5.84. The van der Waals surface area contributed by atoms with Crippen LogP contribution in [0.1, 0.15) is 0 Å². The second kappa shape index (κ2) is 8.73. The highest BCUT2D eigenvalue weighted by atomic mass is 31.2. The number of hydrogen-bond donors (Lipinski definition) is 0. The van der Waals surface area contributed by atoms with Gasteiger partial charge in [-0.05, 0) is 5.18 Å². The normalized spacial score (nSPS) is 11.2. The van der Waals surface area contributed by atoms with Gasteiger partial charge in [0.05, 0.1) is 7.05 Å². The average molecular weight is 444 g/mol. The molecular formula is C24H21N4O3P. The minimum atomic E-state index is -2.78. The summed E-state index contributed by atoms with van der Waals surface area (Å²) in [7, 11) is 0.0288. The number of nitrogens with zero attached hydrogens (tertiary/aromatic N) is 4. The van der Waals surface area contributed by atoms with Gasteiger partial charge in [-0.1, -0.05) is 91.0 Å². The van der Waals surface area contributed by atoms with Gasteiger partial charge in [-0.2, -0.15) is 0 Å². The lowest BCUT2D eigenvalue weighted by Gasteiger charge is -2.27. The maximum atomic E-state index is 12.7. The zero-order valence-corrected chi connectivity index (χ0v) is 18.5. The van der Waals surface area contributed by atoms with E-state index in [9.17, 15) is 14.5 Å². The fourth-order valence-corrected chi connectivity index (χ4v) is 7.27. The van der Waals surface area contributed by atoms with Crippen LogP contribution in [-0.4, -0.2) is 9.13 Å². The molecule has 0 atom stereocenters. The third-order valence-corrected chi connectivity index (χ3v) is 8.96. The summed E-state index contributed by atoms with van der Waals surface area (Å²) in [6.07, 6.45) is 0. The van der Waals surface area contributed by atoms with Crippen LogP contribution in [0.3, 0.4) is 0 Å². The van der Waals surface area contributed by atoms with E-state index in [1.165, 1.54) is 18.7 Å². The Hall–Kier alpha value is -3.83. The van der Waals surface area contributed by atoms with Crippen LogP contribution < -0.4 is 27.2 Å². The van der Waals surface area contributed by atoms with Crippen molar-refractivity contribution in [1.82, 2.24) is 9.13 Å². The van der Waals surface area contributed by atoms with Crippen molar-refractivity contribution in [3.8, 4) is 0 Å². The van der Waals surface area contributed by atoms with Crippen molar-refractivity contribution in [1.29, 1.82) is 0 Å². The van der Waals surface area contributed by atoms with Gasteiger partial charge >= 0.3 is 5.69 Å². The molecule has 0 aliphatic carbocycles. The largest absolute Gasteiger partial charge is 0.332 e. The zero-order chi connectivity index (χ0) is 22.7. The Morgan fingerprint density at radius 2 is 1.06 bits per heavy atom. The Balaban J connectivity index is 2.28. The summed E-state index contributed by atoms with van der Waals surface area (Å²) in [5.74, 6) is -0.0296. The van der Waals surface area contributed by atoms with Gasteiger partial charge in [-0.15, -0.1) is 4.91 Å². The van der Waals surface area contributed by atoms with Gasteiger partial charge in [0.1, 0.15) is 0 Å². The standard InChI is InChI=1S/C24H21N4O3P/c1-27-22(21(25-31)23(29)28(2)24(27)30)26-32(18-12-6-3-7-13-18,19-14-8-4-9-15-19)20-16-10-5-11-17-20/h3-17H,1-2H3. The Labute approximate surface area is 184 Å². The van der Waals surface area contributed by atoms with E-state index in [2.05, 4.69) is 5.18 Å². The van der Waals surface area contributed by atoms with Gasteiger partial charge in [0.15, 0.2) is 5.82 Å². The topological polar surface area (TPSA) is 85.8 Å². The van der Waals surface area contributed by atoms with E-state index in [0.29, 0.717) is 0 Å². The molecule has 0 unspecified atom stereocenters. The number of aromatic nitrogens is 2. The molecule has 32 heavy (non-hydrogen) atoms. The van der Waals surface area contributed by atoms with E-state index in [-0.39, 0.29) is 11.5 Å². The Morgan fingerprint density at radius 1 is 0.656 bits per heavy atom. The van der Waals surface area contributed by atoms with Crippen molar-refractivity contribution >= 4 is 34.5 Å². The monoisotopic (exact) mass is 444 g/mol. The van der Waals surface area contributed by atoms with E-state index in [4.69, 9.17) is 4.74 Å². The lowest BCUT2D eigenvalue weighted by molar-refractivity contribution is 0.691. The van der Waals surface area contributed by atoms with E-state index in [1.54, 1.807) is 0 Å². The first-order valence-electron chi connectivity index (χ1n) is 9.93. The molecule has 160 valence electrons. The second-order valence-electron chi connectivity index (χ2n) is 7.21. The van der Waals surface area contributed by atoms with Crippen LogP contribution in [0.15, 0.2) is 111 Å². The summed E-state index contributed by atoms with van der Waals surface area (Å²) in [5, 5.41) is 5.74. The van der Waals surface area contributed by atoms with Gasteiger partial charge in [0.2, 0.25) is 5.69 Å². The molecular weight excluding hydrogens is 423 g/mol. The molecule has 7 nitrogen and oxygen atoms in total. The molecule has 0 fully saturated rings. The van der Waals surface area contributed by atoms with Crippen molar-refractivity contribution in [2.75, 3.05) is 0 Å². The van der Waals surface area contributed by atoms with Gasteiger partial charge in [0, 0.05) is 30.0 Å². The molecule has 8 heteroatoms. The van der Waals surface area contributed by atoms with Crippen LogP contribution in [0.5, 0.6) is 0 Å². The molecule has 0 amide bonds. The van der Waals surface area contributed by atoms with Crippen LogP contribution in [0.25, 0.3) is 0 Å². The molecule has 0 aliphatic rings. The summed E-state index contributed by atoms with van der Waals surface area (Å²) in [4.78, 5) is 37.1. The lowest BCUT2D eigenvalue weighted by atomic mass is 10.4. The highest BCUT2D eigenvalue weighted by molar-refractivity contribution is 7.87. The molecule has 0 saturated carbocycles. The fourth-order valence-electron chi connectivity index (χ4n) is 3.70. The van der Waals surface area contributed by atoms with Crippen molar-refractivity contribution in [3.05, 3.63) is 117 Å². The van der Waals surface area contributed by atoms with Crippen LogP contribution >= 0.6 is 7.05 Å². The number of benzene rings is 3. The van der Waals surface area contributed by atoms with Gasteiger partial charge < -0.3 is 0 Å². The summed E-state index contributed by atoms with van der Waals surface area (Å²) in [6, 6.07) is 29.2. The van der Waals surface area contributed by atoms with Gasteiger partial charge in [0.25, 0.3) is 5.56 Å². The molecule has 0 radical (unpaired) electrons. The average Bonchev–Trinajstić information content (AvgIpc) is 2.86. The highest BCUT2D eigenvalue weighted by Crippen LogP contribution is 2.49. The predicted octanol–water partition coefficient (Wildman–Crippen LogP) is 3.29. The van der Waals surface area contributed by atoms with Crippen LogP contribution in [-0.2, 0) is 14.1 Å². The van der Waals surface area contributed by atoms with Crippen molar-refractivity contribution < 1.29 is 0 Å². The molecule has 4 aromatic rings. The minimum absolute atomic E-state index is 0.0296. The van der Waals surface area contributed by atoms with E-state index in [1.807, 2.05) is 91.0 Å². The SMILES string of the molecule is Cn1c(N=P(c2ccccc2)(c2ccccc2)c2ccccc2)c(N=O)c(=O)n(C)c1=O. The van der Waals surface area contributed by atoms with E-state index < -0.39 is 18.3 Å². The maximum absolute atomic E-state index is 12.7. The summed E-state index contributed by atoms with van der Waals surface area (Å²) in [5.41, 5.74) is -1.73. The number of hydrogen-bond acceptors (Lipinski definition) is 5. The molecule has 1 aromatic heterocycles. The minimum Gasteiger partial charge on any atom is -0.279 e. The Bertz CT molecular complexity index is 1340. The predicted molar refractivity (Wildman–Crippen MR) is 130 cm³/mol. The molecule has 1 heterocycles. The smallest absolute Gasteiger partial charge is 0.279 e. The first kappa shape index (κ1) is 21.4. The van der Waals surface area contributed by atoms with Crippen LogP contribution in [0.2, 0.25) is 0 Å². The molecule has 0 spiro atoms. The van der Waals surface area contributed by atoms with E-state index in [0.717, 1.165) is 20.5 Å². The molecule has 0 bridgehead atoms. The number of nitroso groups, excluding NO2 is 1. The third-order valence-electron chi connectivity index (χ3n) is 5.34. The van der Waals surface area contributed by atoms with Crippen molar-refractivity contribution in [2.24, 2.45) is 24.0 Å². The van der Waals surface area contributed by atoms with E-state index >= 15 is 0 Å². The third kappa shape index (κ3) is 3.47. The quantitative estimate of drug-likeness (QED) is 0.350. The van der Waals surface area contributed by atoms with Crippen molar-refractivity contribution in [2.45, 2.75) is 0 Å². The Morgan fingerprint density at radius 3 is 1.44 bits per heavy atom. The summed E-state index contributed by atoms with van der Waals surface area (Å²) < 4.78 is 7.18. The van der Waals surface area contributed by atoms with Gasteiger partial charge in [-0.3, -0.25) is 13.9 Å². The van der Waals surface area contributed by atoms with Crippen molar-refractivity contribution in [3.63, 3.8) is 0 Å². The lowest BCUT2D eigenvalue weighted by Crippen LogP contribution is -2.36. The molecule has 0 aliphatic heterocycles. The molecule has 0 saturated heterocycles. The maximum Gasteiger partial charge on any atom is 0.332 e. The first-order valence-corrected chi connectivity index (χ1v) is 11.7. The molecule has 4 rings (SSSR count). The highest BCUT2D eigenvalue weighted by Gasteiger charge is 2.29. The van der Waals surface area contributed by atoms with Crippen LogP contribution in [0.4, 0.5) is 11.5 Å². The van der Waals surface area contributed by atoms with Gasteiger partial charge in [-0.25, -0.2) is 9.54 Å². The fraction of sp³-hybridized carbons (Fsp3) is 0.0833. The van der Waals surface area contributed by atoms with Crippen LogP contribution in [0, 0.1) is 4.91 Å². The zero-order valence-electron chi connectivity index (χ0n) is 17.6. The first-order chi connectivity index (χ1) is 15.5. The summed E-state index contributed by atoms with van der Waals surface area (Å²) >= 11 is 0. The molecule has 3 aromatic carbocycles. The second-order valence-corrected chi connectivity index (χ2v) is 10.2. The molecule has 0 N–H and O–H groups in total.